The lowest BCUT2D eigenvalue weighted by atomic mass is 10.1. The Balaban J connectivity index is 0.00000220. The number of ether oxygens (including phenoxy) is 2. The number of para-hydroxylation sites is 1. The van der Waals surface area contributed by atoms with Crippen LogP contribution in [-0.2, 0) is 0 Å². The van der Waals surface area contributed by atoms with Gasteiger partial charge in [-0.15, -0.1) is 12.4 Å². The van der Waals surface area contributed by atoms with Gasteiger partial charge in [-0.25, -0.2) is 0 Å². The Morgan fingerprint density at radius 1 is 1.38 bits per heavy atom. The quantitative estimate of drug-likeness (QED) is 0.843. The molecule has 1 aromatic rings. The van der Waals surface area contributed by atoms with Crippen LogP contribution < -0.4 is 20.5 Å². The standard InChI is InChI=1S/C15H22N2O3.ClH/c1-2-3-5-11(10-16)17-15(18)12-6-4-7-13-14(12)20-9-8-19-13;/h4,6-7,11H,2-3,5,8-10,16H2,1H3,(H,17,18);1H. The van der Waals surface area contributed by atoms with Crippen molar-refractivity contribution in [3.63, 3.8) is 0 Å². The van der Waals surface area contributed by atoms with Crippen LogP contribution in [0.3, 0.4) is 0 Å². The average molecular weight is 315 g/mol. The second-order valence-electron chi connectivity index (χ2n) is 4.88. The predicted molar refractivity (Wildman–Crippen MR) is 84.5 cm³/mol. The van der Waals surface area contributed by atoms with E-state index in [2.05, 4.69) is 12.2 Å². The molecular formula is C15H23ClN2O3. The molecule has 0 spiro atoms. The lowest BCUT2D eigenvalue weighted by molar-refractivity contribution is 0.0924. The predicted octanol–water partition coefficient (Wildman–Crippen LogP) is 2.13. The maximum absolute atomic E-state index is 12.3. The number of halogens is 1. The van der Waals surface area contributed by atoms with Gasteiger partial charge < -0.3 is 20.5 Å². The number of carbonyl (C=O) groups is 1. The van der Waals surface area contributed by atoms with Gasteiger partial charge in [0.25, 0.3) is 5.91 Å². The first-order valence-electron chi connectivity index (χ1n) is 7.15. The van der Waals surface area contributed by atoms with Crippen LogP contribution in [0.4, 0.5) is 0 Å². The van der Waals surface area contributed by atoms with E-state index in [1.165, 1.54) is 0 Å². The molecule has 1 aromatic carbocycles. The smallest absolute Gasteiger partial charge is 0.255 e. The van der Waals surface area contributed by atoms with Crippen LogP contribution >= 0.6 is 12.4 Å². The van der Waals surface area contributed by atoms with E-state index in [0.717, 1.165) is 19.3 Å². The number of hydrogen-bond donors (Lipinski definition) is 2. The van der Waals surface area contributed by atoms with Crippen LogP contribution in [0.5, 0.6) is 11.5 Å². The zero-order chi connectivity index (χ0) is 14.4. The Morgan fingerprint density at radius 3 is 2.86 bits per heavy atom. The summed E-state index contributed by atoms with van der Waals surface area (Å²) in [7, 11) is 0. The van der Waals surface area contributed by atoms with Gasteiger partial charge in [-0.05, 0) is 18.6 Å². The van der Waals surface area contributed by atoms with Crippen molar-refractivity contribution < 1.29 is 14.3 Å². The lowest BCUT2D eigenvalue weighted by Crippen LogP contribution is -2.40. The number of amides is 1. The van der Waals surface area contributed by atoms with Crippen LogP contribution in [0.25, 0.3) is 0 Å². The summed E-state index contributed by atoms with van der Waals surface area (Å²) >= 11 is 0. The maximum Gasteiger partial charge on any atom is 0.255 e. The number of rotatable bonds is 6. The second-order valence-corrected chi connectivity index (χ2v) is 4.88. The first kappa shape index (κ1) is 17.6. The molecule has 1 atom stereocenters. The van der Waals surface area contributed by atoms with Gasteiger partial charge in [0.1, 0.15) is 13.2 Å². The number of fused-ring (bicyclic) bond motifs is 1. The number of hydrogen-bond acceptors (Lipinski definition) is 4. The summed E-state index contributed by atoms with van der Waals surface area (Å²) in [5.41, 5.74) is 6.22. The van der Waals surface area contributed by atoms with E-state index in [-0.39, 0.29) is 24.4 Å². The number of nitrogens with one attached hydrogen (secondary N) is 1. The molecule has 5 nitrogen and oxygen atoms in total. The fourth-order valence-electron chi connectivity index (χ4n) is 2.22. The van der Waals surface area contributed by atoms with Gasteiger partial charge in [0, 0.05) is 12.6 Å². The van der Waals surface area contributed by atoms with E-state index < -0.39 is 0 Å². The molecule has 118 valence electrons. The van der Waals surface area contributed by atoms with Gasteiger partial charge in [-0.2, -0.15) is 0 Å². The summed E-state index contributed by atoms with van der Waals surface area (Å²) in [6.45, 7) is 3.54. The molecule has 1 heterocycles. The Hall–Kier alpha value is -1.46. The summed E-state index contributed by atoms with van der Waals surface area (Å²) < 4.78 is 11.0. The highest BCUT2D eigenvalue weighted by Crippen LogP contribution is 2.33. The molecule has 21 heavy (non-hydrogen) atoms. The third-order valence-electron chi connectivity index (χ3n) is 3.34. The SMILES string of the molecule is CCCCC(CN)NC(=O)c1cccc2c1OCCO2.Cl. The van der Waals surface area contributed by atoms with Crippen molar-refractivity contribution in [2.24, 2.45) is 5.73 Å². The second kappa shape index (κ2) is 8.74. The van der Waals surface area contributed by atoms with Crippen LogP contribution in [-0.4, -0.2) is 31.7 Å². The molecule has 3 N–H and O–H groups in total. The van der Waals surface area contributed by atoms with Crippen molar-refractivity contribution in [1.82, 2.24) is 5.32 Å². The van der Waals surface area contributed by atoms with Crippen molar-refractivity contribution in [1.29, 1.82) is 0 Å². The molecular weight excluding hydrogens is 292 g/mol. The molecule has 2 rings (SSSR count). The number of carbonyl (C=O) groups excluding carboxylic acids is 1. The molecule has 0 bridgehead atoms. The Morgan fingerprint density at radius 2 is 2.14 bits per heavy atom. The molecule has 1 unspecified atom stereocenters. The minimum absolute atomic E-state index is 0. The van der Waals surface area contributed by atoms with Crippen LogP contribution in [0.15, 0.2) is 18.2 Å². The summed E-state index contributed by atoms with van der Waals surface area (Å²) in [6.07, 6.45) is 3.03. The highest BCUT2D eigenvalue weighted by Gasteiger charge is 2.21. The van der Waals surface area contributed by atoms with E-state index >= 15 is 0 Å². The normalized spacial score (nSPS) is 14.0. The highest BCUT2D eigenvalue weighted by atomic mass is 35.5. The van der Waals surface area contributed by atoms with Gasteiger partial charge >= 0.3 is 0 Å². The van der Waals surface area contributed by atoms with E-state index in [0.29, 0.717) is 36.8 Å². The number of nitrogens with two attached hydrogens (primary N) is 1. The number of unbranched alkanes of at least 4 members (excludes halogenated alkanes) is 1. The summed E-state index contributed by atoms with van der Waals surface area (Å²) in [4.78, 5) is 12.3. The first-order chi connectivity index (χ1) is 9.76. The largest absolute Gasteiger partial charge is 0.486 e. The van der Waals surface area contributed by atoms with Crippen LogP contribution in [0, 0.1) is 0 Å². The maximum atomic E-state index is 12.3. The molecule has 0 saturated carbocycles. The van der Waals surface area contributed by atoms with Gasteiger partial charge in [0.2, 0.25) is 0 Å². The summed E-state index contributed by atoms with van der Waals surface area (Å²) in [5.74, 6) is 1.00. The van der Waals surface area contributed by atoms with Crippen molar-refractivity contribution in [2.75, 3.05) is 19.8 Å². The fraction of sp³-hybridized carbons (Fsp3) is 0.533. The molecule has 0 saturated heterocycles. The van der Waals surface area contributed by atoms with Gasteiger partial charge in [0.15, 0.2) is 11.5 Å². The van der Waals surface area contributed by atoms with Crippen molar-refractivity contribution in [3.05, 3.63) is 23.8 Å². The van der Waals surface area contributed by atoms with Crippen molar-refractivity contribution in [2.45, 2.75) is 32.2 Å². The minimum Gasteiger partial charge on any atom is -0.486 e. The van der Waals surface area contributed by atoms with Gasteiger partial charge in [-0.1, -0.05) is 25.8 Å². The molecule has 1 aliphatic rings. The molecule has 0 aliphatic carbocycles. The molecule has 1 aliphatic heterocycles. The molecule has 0 radical (unpaired) electrons. The Bertz CT molecular complexity index is 468. The average Bonchev–Trinajstić information content (AvgIpc) is 2.50. The number of benzene rings is 1. The van der Waals surface area contributed by atoms with E-state index in [1.807, 2.05) is 6.07 Å². The van der Waals surface area contributed by atoms with Crippen LogP contribution in [0.2, 0.25) is 0 Å². The molecule has 0 fully saturated rings. The summed E-state index contributed by atoms with van der Waals surface area (Å²) in [5, 5.41) is 2.97. The van der Waals surface area contributed by atoms with Gasteiger partial charge in [0.05, 0.1) is 5.56 Å². The minimum atomic E-state index is -0.154. The van der Waals surface area contributed by atoms with E-state index in [4.69, 9.17) is 15.2 Å². The lowest BCUT2D eigenvalue weighted by Gasteiger charge is -2.22. The fourth-order valence-corrected chi connectivity index (χ4v) is 2.22. The summed E-state index contributed by atoms with van der Waals surface area (Å²) in [6, 6.07) is 5.35. The van der Waals surface area contributed by atoms with Crippen molar-refractivity contribution >= 4 is 18.3 Å². The van der Waals surface area contributed by atoms with E-state index in [9.17, 15) is 4.79 Å². The van der Waals surface area contributed by atoms with Gasteiger partial charge in [-0.3, -0.25) is 4.79 Å². The molecule has 1 amide bonds. The highest BCUT2D eigenvalue weighted by molar-refractivity contribution is 5.98. The topological polar surface area (TPSA) is 73.6 Å². The zero-order valence-corrected chi connectivity index (χ0v) is 13.1. The molecule has 6 heteroatoms. The van der Waals surface area contributed by atoms with Crippen molar-refractivity contribution in [3.8, 4) is 11.5 Å². The van der Waals surface area contributed by atoms with Crippen LogP contribution in [0.1, 0.15) is 36.5 Å². The monoisotopic (exact) mass is 314 g/mol. The Kier molecular flexibility index (Phi) is 7.32. The zero-order valence-electron chi connectivity index (χ0n) is 12.3. The molecule has 0 aromatic heterocycles. The third-order valence-corrected chi connectivity index (χ3v) is 3.34. The third kappa shape index (κ3) is 4.51. The first-order valence-corrected chi connectivity index (χ1v) is 7.15. The van der Waals surface area contributed by atoms with E-state index in [1.54, 1.807) is 12.1 Å². The Labute approximate surface area is 131 Å².